The standard InChI is InChI=1S/C17H20N4O4S/c1-2-20-10-13(9-18-20)17-11-21(7-8-24-17)26(22,23)12-15-14-5-3-4-6-16(14)25-19-15/h3-6,9-10,17H,2,7-8,11-12H2,1H3. The van der Waals surface area contributed by atoms with E-state index in [1.54, 1.807) is 16.9 Å². The Morgan fingerprint density at radius 1 is 1.31 bits per heavy atom. The van der Waals surface area contributed by atoms with Gasteiger partial charge in [-0.1, -0.05) is 17.3 Å². The molecule has 1 aliphatic rings. The van der Waals surface area contributed by atoms with Gasteiger partial charge in [-0.05, 0) is 19.1 Å². The van der Waals surface area contributed by atoms with Gasteiger partial charge < -0.3 is 9.26 Å². The lowest BCUT2D eigenvalue weighted by molar-refractivity contribution is -0.00266. The molecule has 0 spiro atoms. The fourth-order valence-electron chi connectivity index (χ4n) is 3.11. The van der Waals surface area contributed by atoms with Gasteiger partial charge in [-0.3, -0.25) is 4.68 Å². The molecule has 1 fully saturated rings. The minimum atomic E-state index is -3.53. The Hall–Kier alpha value is -2.23. The van der Waals surface area contributed by atoms with E-state index in [9.17, 15) is 8.42 Å². The van der Waals surface area contributed by atoms with Gasteiger partial charge in [0.2, 0.25) is 10.0 Å². The summed E-state index contributed by atoms with van der Waals surface area (Å²) in [5.41, 5.74) is 1.91. The van der Waals surface area contributed by atoms with E-state index >= 15 is 0 Å². The van der Waals surface area contributed by atoms with Gasteiger partial charge in [-0.15, -0.1) is 0 Å². The molecule has 1 atom stereocenters. The molecule has 0 amide bonds. The molecule has 9 heteroatoms. The second kappa shape index (κ2) is 6.82. The van der Waals surface area contributed by atoms with Crippen molar-refractivity contribution in [1.82, 2.24) is 19.2 Å². The Labute approximate surface area is 151 Å². The number of nitrogens with zero attached hydrogens (tertiary/aromatic N) is 4. The highest BCUT2D eigenvalue weighted by Crippen LogP contribution is 2.26. The molecule has 3 aromatic rings. The molecule has 26 heavy (non-hydrogen) atoms. The van der Waals surface area contributed by atoms with Crippen molar-refractivity contribution in [3.8, 4) is 0 Å². The molecule has 8 nitrogen and oxygen atoms in total. The number of aromatic nitrogens is 3. The Kier molecular flexibility index (Phi) is 4.51. The molecule has 1 aromatic carbocycles. The predicted molar refractivity (Wildman–Crippen MR) is 94.8 cm³/mol. The van der Waals surface area contributed by atoms with Gasteiger partial charge in [0.25, 0.3) is 0 Å². The third-order valence-electron chi connectivity index (χ3n) is 4.54. The highest BCUT2D eigenvalue weighted by Gasteiger charge is 2.32. The Bertz CT molecular complexity index is 1010. The van der Waals surface area contributed by atoms with Crippen molar-refractivity contribution in [2.75, 3.05) is 19.7 Å². The molecule has 3 heterocycles. The van der Waals surface area contributed by atoms with Crippen LogP contribution in [0.25, 0.3) is 11.0 Å². The Morgan fingerprint density at radius 2 is 2.15 bits per heavy atom. The largest absolute Gasteiger partial charge is 0.371 e. The van der Waals surface area contributed by atoms with Crippen molar-refractivity contribution in [3.63, 3.8) is 0 Å². The summed E-state index contributed by atoms with van der Waals surface area (Å²) in [6.45, 7) is 3.70. The van der Waals surface area contributed by atoms with Crippen LogP contribution in [-0.2, 0) is 27.1 Å². The molecule has 0 N–H and O–H groups in total. The number of hydrogen-bond donors (Lipinski definition) is 0. The molecule has 1 unspecified atom stereocenters. The molecule has 138 valence electrons. The zero-order valence-corrected chi connectivity index (χ0v) is 15.2. The van der Waals surface area contributed by atoms with Gasteiger partial charge in [-0.25, -0.2) is 8.42 Å². The number of benzene rings is 1. The van der Waals surface area contributed by atoms with Crippen LogP contribution >= 0.6 is 0 Å². The summed E-state index contributed by atoms with van der Waals surface area (Å²) in [4.78, 5) is 0. The minimum absolute atomic E-state index is 0.190. The summed E-state index contributed by atoms with van der Waals surface area (Å²) >= 11 is 0. The van der Waals surface area contributed by atoms with E-state index < -0.39 is 10.0 Å². The van der Waals surface area contributed by atoms with Crippen molar-refractivity contribution in [2.24, 2.45) is 0 Å². The van der Waals surface area contributed by atoms with Crippen LogP contribution in [0.15, 0.2) is 41.2 Å². The van der Waals surface area contributed by atoms with Crippen molar-refractivity contribution in [2.45, 2.75) is 25.3 Å². The van der Waals surface area contributed by atoms with Crippen LogP contribution < -0.4 is 0 Å². The van der Waals surface area contributed by atoms with Crippen LogP contribution in [0.1, 0.15) is 24.3 Å². The molecular formula is C17H20N4O4S. The summed E-state index contributed by atoms with van der Waals surface area (Å²) in [6, 6.07) is 7.26. The molecule has 0 saturated carbocycles. The second-order valence-electron chi connectivity index (χ2n) is 6.23. The third-order valence-corrected chi connectivity index (χ3v) is 6.30. The monoisotopic (exact) mass is 376 g/mol. The first kappa shape index (κ1) is 17.2. The maximum atomic E-state index is 12.9. The van der Waals surface area contributed by atoms with Crippen molar-refractivity contribution in [1.29, 1.82) is 0 Å². The highest BCUT2D eigenvalue weighted by molar-refractivity contribution is 7.88. The highest BCUT2D eigenvalue weighted by atomic mass is 32.2. The normalized spacial score (nSPS) is 19.2. The van der Waals surface area contributed by atoms with E-state index in [0.29, 0.717) is 24.4 Å². The lowest BCUT2D eigenvalue weighted by Gasteiger charge is -2.31. The van der Waals surface area contributed by atoms with E-state index in [4.69, 9.17) is 9.26 Å². The fourth-order valence-corrected chi connectivity index (χ4v) is 4.56. The number of aryl methyl sites for hydroxylation is 1. The zero-order chi connectivity index (χ0) is 18.1. The molecule has 4 rings (SSSR count). The zero-order valence-electron chi connectivity index (χ0n) is 14.4. The van der Waals surface area contributed by atoms with Gasteiger partial charge in [0.15, 0.2) is 5.58 Å². The maximum absolute atomic E-state index is 12.9. The van der Waals surface area contributed by atoms with Crippen LogP contribution in [0, 0.1) is 0 Å². The number of fused-ring (bicyclic) bond motifs is 1. The predicted octanol–water partition coefficient (Wildman–Crippen LogP) is 1.95. The van der Waals surface area contributed by atoms with E-state index in [0.717, 1.165) is 17.5 Å². The number of para-hydroxylation sites is 1. The molecule has 1 aliphatic heterocycles. The lowest BCUT2D eigenvalue weighted by atomic mass is 10.2. The molecule has 0 bridgehead atoms. The maximum Gasteiger partial charge on any atom is 0.220 e. The van der Waals surface area contributed by atoms with Gasteiger partial charge in [0.05, 0.1) is 18.9 Å². The topological polar surface area (TPSA) is 90.5 Å². The number of morpholine rings is 1. The quantitative estimate of drug-likeness (QED) is 0.676. The van der Waals surface area contributed by atoms with Crippen LogP contribution in [-0.4, -0.2) is 47.4 Å². The smallest absolute Gasteiger partial charge is 0.220 e. The van der Waals surface area contributed by atoms with Gasteiger partial charge in [0.1, 0.15) is 11.4 Å². The average Bonchev–Trinajstić information content (AvgIpc) is 3.29. The molecule has 1 saturated heterocycles. The lowest BCUT2D eigenvalue weighted by Crippen LogP contribution is -2.42. The number of rotatable bonds is 5. The molecular weight excluding hydrogens is 356 g/mol. The van der Waals surface area contributed by atoms with Crippen molar-refractivity contribution in [3.05, 3.63) is 47.9 Å². The van der Waals surface area contributed by atoms with Crippen LogP contribution in [0.3, 0.4) is 0 Å². The number of sulfonamides is 1. The van der Waals surface area contributed by atoms with E-state index in [2.05, 4.69) is 10.3 Å². The van der Waals surface area contributed by atoms with Crippen LogP contribution in [0.4, 0.5) is 0 Å². The summed E-state index contributed by atoms with van der Waals surface area (Å²) < 4.78 is 40.0. The summed E-state index contributed by atoms with van der Waals surface area (Å²) in [5.74, 6) is -0.190. The van der Waals surface area contributed by atoms with Crippen LogP contribution in [0.2, 0.25) is 0 Å². The molecule has 0 radical (unpaired) electrons. The van der Waals surface area contributed by atoms with Crippen molar-refractivity contribution >= 4 is 21.0 Å². The summed E-state index contributed by atoms with van der Waals surface area (Å²) in [7, 11) is -3.53. The van der Waals surface area contributed by atoms with Gasteiger partial charge in [0, 0.05) is 36.8 Å². The Morgan fingerprint density at radius 3 is 2.96 bits per heavy atom. The van der Waals surface area contributed by atoms with Crippen molar-refractivity contribution < 1.29 is 17.7 Å². The first-order chi connectivity index (χ1) is 12.6. The van der Waals surface area contributed by atoms with Crippen LogP contribution in [0.5, 0.6) is 0 Å². The number of hydrogen-bond acceptors (Lipinski definition) is 6. The van der Waals surface area contributed by atoms with Gasteiger partial charge >= 0.3 is 0 Å². The molecule has 2 aromatic heterocycles. The van der Waals surface area contributed by atoms with E-state index in [-0.39, 0.29) is 18.4 Å². The second-order valence-corrected chi connectivity index (χ2v) is 8.20. The average molecular weight is 376 g/mol. The van der Waals surface area contributed by atoms with Gasteiger partial charge in [-0.2, -0.15) is 9.40 Å². The number of ether oxygens (including phenoxy) is 1. The minimum Gasteiger partial charge on any atom is -0.371 e. The summed E-state index contributed by atoms with van der Waals surface area (Å²) in [6.07, 6.45) is 3.31. The van der Waals surface area contributed by atoms with E-state index in [1.807, 2.05) is 31.3 Å². The fraction of sp³-hybridized carbons (Fsp3) is 0.412. The first-order valence-electron chi connectivity index (χ1n) is 8.52. The van der Waals surface area contributed by atoms with E-state index in [1.165, 1.54) is 4.31 Å². The SMILES string of the molecule is CCn1cc(C2CN(S(=O)(=O)Cc3noc4ccccc34)CCO2)cn1. The Balaban J connectivity index is 1.53. The molecule has 0 aliphatic carbocycles. The first-order valence-corrected chi connectivity index (χ1v) is 10.1. The summed E-state index contributed by atoms with van der Waals surface area (Å²) in [5, 5.41) is 8.91. The third kappa shape index (κ3) is 3.25.